The summed E-state index contributed by atoms with van der Waals surface area (Å²) in [6.07, 6.45) is 0. The summed E-state index contributed by atoms with van der Waals surface area (Å²) in [6.45, 7) is 2.75. The molecule has 0 N–H and O–H groups in total. The van der Waals surface area contributed by atoms with Crippen LogP contribution in [0, 0.1) is 20.2 Å². The lowest BCUT2D eigenvalue weighted by Crippen LogP contribution is -2.46. The van der Waals surface area contributed by atoms with Crippen molar-refractivity contribution in [2.45, 2.75) is 25.5 Å². The van der Waals surface area contributed by atoms with E-state index in [9.17, 15) is 20.2 Å². The Morgan fingerprint density at radius 1 is 1.46 bits per heavy atom. The second-order valence-electron chi connectivity index (χ2n) is 3.09. The van der Waals surface area contributed by atoms with Crippen LogP contribution in [-0.2, 0) is 4.84 Å². The van der Waals surface area contributed by atoms with E-state index in [-0.39, 0.29) is 0 Å². The summed E-state index contributed by atoms with van der Waals surface area (Å²) in [5, 5.41) is 23.8. The van der Waals surface area contributed by atoms with Crippen molar-refractivity contribution < 1.29 is 14.7 Å². The van der Waals surface area contributed by atoms with Gasteiger partial charge in [0.15, 0.2) is 5.16 Å². The van der Waals surface area contributed by atoms with Crippen LogP contribution in [0.15, 0.2) is 5.16 Å². The molecule has 8 heteroatoms. The van der Waals surface area contributed by atoms with Crippen LogP contribution in [0.3, 0.4) is 0 Å². The number of rotatable bonds is 1. The number of amidine groups is 1. The molecule has 1 unspecified atom stereocenters. The standard InChI is InChI=1S/C5H7N3O5/c1-5(2)3(7(9)10)4(6-13-5)8(11)12/h3H,1-2H3. The first-order valence-corrected chi connectivity index (χ1v) is 3.40. The van der Waals surface area contributed by atoms with Gasteiger partial charge in [-0.25, -0.2) is 0 Å². The lowest BCUT2D eigenvalue weighted by Gasteiger charge is -2.12. The summed E-state index contributed by atoms with van der Waals surface area (Å²) < 4.78 is 0. The molecule has 0 fully saturated rings. The van der Waals surface area contributed by atoms with Crippen molar-refractivity contribution in [3.8, 4) is 0 Å². The minimum atomic E-state index is -1.51. The first-order chi connectivity index (χ1) is 5.86. The second kappa shape index (κ2) is 2.64. The maximum absolute atomic E-state index is 10.5. The lowest BCUT2D eigenvalue weighted by atomic mass is 10.00. The molecule has 1 atom stereocenters. The molecule has 0 aromatic heterocycles. The summed E-state index contributed by atoms with van der Waals surface area (Å²) in [7, 11) is 0. The summed E-state index contributed by atoms with van der Waals surface area (Å²) in [5.41, 5.74) is -1.26. The summed E-state index contributed by atoms with van der Waals surface area (Å²) in [6, 6.07) is -1.51. The fourth-order valence-corrected chi connectivity index (χ4v) is 1.06. The molecule has 13 heavy (non-hydrogen) atoms. The van der Waals surface area contributed by atoms with Crippen LogP contribution in [0.4, 0.5) is 0 Å². The van der Waals surface area contributed by atoms with Gasteiger partial charge in [0.05, 0.1) is 0 Å². The molecule has 1 aliphatic heterocycles. The monoisotopic (exact) mass is 189 g/mol. The van der Waals surface area contributed by atoms with E-state index in [1.807, 2.05) is 0 Å². The molecule has 0 amide bonds. The molecule has 0 saturated carbocycles. The van der Waals surface area contributed by atoms with Crippen molar-refractivity contribution >= 4 is 5.84 Å². The maximum Gasteiger partial charge on any atom is 0.464 e. The van der Waals surface area contributed by atoms with Gasteiger partial charge in [0.1, 0.15) is 0 Å². The normalized spacial score (nSPS) is 24.8. The fourth-order valence-electron chi connectivity index (χ4n) is 1.06. The van der Waals surface area contributed by atoms with Crippen LogP contribution in [0.25, 0.3) is 0 Å². The van der Waals surface area contributed by atoms with Gasteiger partial charge >= 0.3 is 11.9 Å². The number of oxime groups is 1. The quantitative estimate of drug-likeness (QED) is 0.427. The molecule has 8 nitrogen and oxygen atoms in total. The van der Waals surface area contributed by atoms with E-state index >= 15 is 0 Å². The Morgan fingerprint density at radius 3 is 2.31 bits per heavy atom. The molecule has 1 rings (SSSR count). The van der Waals surface area contributed by atoms with Gasteiger partial charge in [-0.2, -0.15) is 0 Å². The topological polar surface area (TPSA) is 108 Å². The third-order valence-corrected chi connectivity index (χ3v) is 1.68. The minimum absolute atomic E-state index is 0.755. The van der Waals surface area contributed by atoms with E-state index in [2.05, 4.69) is 9.99 Å². The molecular formula is C5H7N3O5. The van der Waals surface area contributed by atoms with Crippen molar-refractivity contribution in [1.29, 1.82) is 0 Å². The Morgan fingerprint density at radius 2 is 2.00 bits per heavy atom. The Hall–Kier alpha value is -1.73. The predicted molar refractivity (Wildman–Crippen MR) is 40.4 cm³/mol. The largest absolute Gasteiger partial charge is 0.464 e. The molecule has 72 valence electrons. The van der Waals surface area contributed by atoms with Crippen molar-refractivity contribution in [2.75, 3.05) is 0 Å². The van der Waals surface area contributed by atoms with E-state index in [0.717, 1.165) is 0 Å². The second-order valence-corrected chi connectivity index (χ2v) is 3.09. The van der Waals surface area contributed by atoms with Gasteiger partial charge in [0, 0.05) is 4.92 Å². The number of hydrogen-bond donors (Lipinski definition) is 0. The Kier molecular flexibility index (Phi) is 1.90. The number of nitro groups is 2. The van der Waals surface area contributed by atoms with Gasteiger partial charge in [0.2, 0.25) is 5.60 Å². The highest BCUT2D eigenvalue weighted by atomic mass is 16.7. The minimum Gasteiger partial charge on any atom is -0.358 e. The van der Waals surface area contributed by atoms with Crippen molar-refractivity contribution in [3.05, 3.63) is 20.2 Å². The zero-order valence-electron chi connectivity index (χ0n) is 6.96. The summed E-state index contributed by atoms with van der Waals surface area (Å²) in [4.78, 5) is 23.7. The molecule has 0 bridgehead atoms. The molecule has 1 heterocycles. The molecule has 0 radical (unpaired) electrons. The molecular weight excluding hydrogens is 182 g/mol. The van der Waals surface area contributed by atoms with Crippen LogP contribution in [0.1, 0.15) is 13.8 Å². The van der Waals surface area contributed by atoms with Crippen molar-refractivity contribution in [3.63, 3.8) is 0 Å². The first-order valence-electron chi connectivity index (χ1n) is 3.40. The molecule has 1 aliphatic rings. The van der Waals surface area contributed by atoms with Crippen LogP contribution < -0.4 is 0 Å². The smallest absolute Gasteiger partial charge is 0.358 e. The highest BCUT2D eigenvalue weighted by Crippen LogP contribution is 2.25. The zero-order chi connectivity index (χ0) is 10.2. The fraction of sp³-hybridized carbons (Fsp3) is 0.800. The molecule has 0 aliphatic carbocycles. The van der Waals surface area contributed by atoms with Gasteiger partial charge in [-0.1, -0.05) is 0 Å². The lowest BCUT2D eigenvalue weighted by molar-refractivity contribution is -0.534. The average molecular weight is 189 g/mol. The Bertz CT molecular complexity index is 297. The van der Waals surface area contributed by atoms with Crippen LogP contribution >= 0.6 is 0 Å². The van der Waals surface area contributed by atoms with Crippen molar-refractivity contribution in [1.82, 2.24) is 0 Å². The summed E-state index contributed by atoms with van der Waals surface area (Å²) in [5.74, 6) is -0.755. The predicted octanol–water partition coefficient (Wildman–Crippen LogP) is 0.0307. The SMILES string of the molecule is CC1(C)ON=C([N+](=O)[O-])C1[N+](=O)[O-]. The number of hydrogen-bond acceptors (Lipinski definition) is 6. The molecule has 0 spiro atoms. The molecule has 0 aromatic rings. The van der Waals surface area contributed by atoms with Gasteiger partial charge < -0.3 is 10.1 Å². The van der Waals surface area contributed by atoms with E-state index in [1.165, 1.54) is 13.8 Å². The van der Waals surface area contributed by atoms with E-state index in [4.69, 9.17) is 0 Å². The maximum atomic E-state index is 10.5. The third-order valence-electron chi connectivity index (χ3n) is 1.68. The average Bonchev–Trinajstić information content (AvgIpc) is 2.24. The first kappa shape index (κ1) is 9.36. The summed E-state index contributed by atoms with van der Waals surface area (Å²) >= 11 is 0. The Labute approximate surface area is 72.5 Å². The van der Waals surface area contributed by atoms with Gasteiger partial charge in [-0.05, 0) is 18.8 Å². The highest BCUT2D eigenvalue weighted by molar-refractivity contribution is 5.80. The number of nitrogens with zero attached hydrogens (tertiary/aromatic N) is 3. The van der Waals surface area contributed by atoms with Crippen molar-refractivity contribution in [2.24, 2.45) is 5.16 Å². The van der Waals surface area contributed by atoms with E-state index in [0.29, 0.717) is 0 Å². The van der Waals surface area contributed by atoms with Crippen LogP contribution in [-0.4, -0.2) is 27.3 Å². The van der Waals surface area contributed by atoms with Crippen LogP contribution in [0.2, 0.25) is 0 Å². The third kappa shape index (κ3) is 1.42. The van der Waals surface area contributed by atoms with Crippen LogP contribution in [0.5, 0.6) is 0 Å². The molecule has 0 saturated heterocycles. The van der Waals surface area contributed by atoms with Gasteiger partial charge in [-0.15, -0.1) is 0 Å². The van der Waals surface area contributed by atoms with E-state index < -0.39 is 27.3 Å². The zero-order valence-corrected chi connectivity index (χ0v) is 6.96. The van der Waals surface area contributed by atoms with Gasteiger partial charge in [0.25, 0.3) is 0 Å². The molecule has 0 aromatic carbocycles. The van der Waals surface area contributed by atoms with Gasteiger partial charge in [-0.3, -0.25) is 15.0 Å². The Balaban J connectivity index is 3.02. The highest BCUT2D eigenvalue weighted by Gasteiger charge is 2.59. The van der Waals surface area contributed by atoms with E-state index in [1.54, 1.807) is 0 Å².